The molecule has 13 nitrogen and oxygen atoms in total. The lowest BCUT2D eigenvalue weighted by molar-refractivity contribution is -0.140. The second-order valence-electron chi connectivity index (χ2n) is 9.51. The van der Waals surface area contributed by atoms with Crippen molar-refractivity contribution in [2.45, 2.75) is 31.2 Å². The number of methoxy groups -OCH3 is 3. The number of carboxylic acid groups (broad SMARTS) is 4. The van der Waals surface area contributed by atoms with Gasteiger partial charge in [-0.3, -0.25) is 19.2 Å². The number of rotatable bonds is 17. The molecule has 3 rings (SSSR count). The molecule has 0 saturated heterocycles. The van der Waals surface area contributed by atoms with Gasteiger partial charge in [-0.15, -0.1) is 11.8 Å². The number of amides is 1. The Morgan fingerprint density at radius 2 is 1.36 bits per heavy atom. The predicted molar refractivity (Wildman–Crippen MR) is 175 cm³/mol. The summed E-state index contributed by atoms with van der Waals surface area (Å²) < 4.78 is 15.3. The highest BCUT2D eigenvalue weighted by Gasteiger charge is 2.20. The highest BCUT2D eigenvalue weighted by Crippen LogP contribution is 2.28. The summed E-state index contributed by atoms with van der Waals surface area (Å²) >= 11 is 1.11. The average molecular weight is 674 g/mol. The van der Waals surface area contributed by atoms with Gasteiger partial charge in [0, 0.05) is 12.2 Å². The Kier molecular flexibility index (Phi) is 18.9. The summed E-state index contributed by atoms with van der Waals surface area (Å²) in [5, 5.41) is 36.8. The summed E-state index contributed by atoms with van der Waals surface area (Å²) in [4.78, 5) is 52.4. The number of benzene rings is 3. The van der Waals surface area contributed by atoms with Crippen molar-refractivity contribution in [2.75, 3.05) is 32.8 Å². The van der Waals surface area contributed by atoms with Gasteiger partial charge in [0.05, 0.1) is 39.4 Å². The Hall–Kier alpha value is -5.24. The molecule has 14 heteroatoms. The molecule has 0 fully saturated rings. The molecule has 2 atom stereocenters. The maximum Gasteiger partial charge on any atom is 0.326 e. The Balaban J connectivity index is 0.000000371. The van der Waals surface area contributed by atoms with Crippen molar-refractivity contribution < 1.29 is 58.6 Å². The molecular weight excluding hydrogens is 634 g/mol. The summed E-state index contributed by atoms with van der Waals surface area (Å²) in [5.41, 5.74) is 2.54. The number of carbonyl (C=O) groups is 5. The highest BCUT2D eigenvalue weighted by molar-refractivity contribution is 7.99. The maximum absolute atomic E-state index is 11.4. The number of hydrogen-bond acceptors (Lipinski definition) is 9. The summed E-state index contributed by atoms with van der Waals surface area (Å²) in [6.45, 7) is 0. The fraction of sp³-hybridized carbons (Fsp3) is 0.303. The van der Waals surface area contributed by atoms with Crippen molar-refractivity contribution in [3.05, 3.63) is 89.5 Å². The third-order valence-corrected chi connectivity index (χ3v) is 7.18. The minimum absolute atomic E-state index is 0.0206. The zero-order valence-electron chi connectivity index (χ0n) is 26.2. The van der Waals surface area contributed by atoms with Crippen molar-refractivity contribution in [1.29, 1.82) is 0 Å². The van der Waals surface area contributed by atoms with Crippen LogP contribution in [-0.4, -0.2) is 89.6 Å². The van der Waals surface area contributed by atoms with Crippen molar-refractivity contribution in [3.8, 4) is 17.2 Å². The molecule has 3 aromatic carbocycles. The Morgan fingerprint density at radius 1 is 0.745 bits per heavy atom. The number of carbonyl (C=O) groups excluding carboxylic acids is 1. The lowest BCUT2D eigenvalue weighted by Crippen LogP contribution is -2.37. The monoisotopic (exact) mass is 673 g/mol. The maximum atomic E-state index is 11.4. The van der Waals surface area contributed by atoms with Gasteiger partial charge in [0.1, 0.15) is 11.8 Å². The van der Waals surface area contributed by atoms with Crippen LogP contribution in [0.4, 0.5) is 0 Å². The van der Waals surface area contributed by atoms with Gasteiger partial charge in [0.2, 0.25) is 6.41 Å². The predicted octanol–water partition coefficient (Wildman–Crippen LogP) is 3.83. The number of hydrogen-bond donors (Lipinski definition) is 5. The number of nitrogens with one attached hydrogen (secondary N) is 1. The van der Waals surface area contributed by atoms with Gasteiger partial charge < -0.3 is 40.0 Å². The molecule has 2 unspecified atom stereocenters. The molecule has 0 bridgehead atoms. The van der Waals surface area contributed by atoms with E-state index < -0.39 is 35.8 Å². The van der Waals surface area contributed by atoms with Crippen molar-refractivity contribution in [3.63, 3.8) is 0 Å². The minimum Gasteiger partial charge on any atom is -0.497 e. The molecule has 0 aliphatic heterocycles. The van der Waals surface area contributed by atoms with Crippen LogP contribution in [-0.2, 0) is 36.8 Å². The molecule has 0 heterocycles. The summed E-state index contributed by atoms with van der Waals surface area (Å²) in [6.07, 6.45) is 1.05. The second-order valence-corrected chi connectivity index (χ2v) is 10.6. The zero-order chi connectivity index (χ0) is 35.2. The van der Waals surface area contributed by atoms with Gasteiger partial charge in [0.25, 0.3) is 0 Å². The van der Waals surface area contributed by atoms with Crippen molar-refractivity contribution in [1.82, 2.24) is 5.32 Å². The quantitative estimate of drug-likeness (QED) is 0.102. The first-order valence-corrected chi connectivity index (χ1v) is 15.2. The largest absolute Gasteiger partial charge is 0.497 e. The standard InChI is InChI=1S/C16H16O3.C12H15NO5.C5H8O4S/c1-19-14-9-7-12(8-10-14)11-15(16(17)18)13-5-3-2-4-6-13;1-17-10-4-3-8(6-11(10)18-2)5-9(12(15)16)13-7-14;6-4(7)1-2-10-3-5(8)9/h2-10,15H,11H2,1H3,(H,17,18);3-4,6-7,9H,5H2,1-2H3,(H,13,14)(H,15,16);1-3H2,(H,6,7)(H,8,9). The molecule has 47 heavy (non-hydrogen) atoms. The van der Waals surface area contributed by atoms with Gasteiger partial charge in [-0.25, -0.2) is 4.79 Å². The van der Waals surface area contributed by atoms with Gasteiger partial charge >= 0.3 is 23.9 Å². The van der Waals surface area contributed by atoms with Crippen molar-refractivity contribution in [2.24, 2.45) is 0 Å². The van der Waals surface area contributed by atoms with Gasteiger partial charge in [-0.1, -0.05) is 48.5 Å². The van der Waals surface area contributed by atoms with Crippen LogP contribution in [0.15, 0.2) is 72.8 Å². The molecule has 0 spiro atoms. The molecule has 5 N–H and O–H groups in total. The van der Waals surface area contributed by atoms with Gasteiger partial charge in [-0.2, -0.15) is 0 Å². The fourth-order valence-corrected chi connectivity index (χ4v) is 4.53. The minimum atomic E-state index is -1.09. The van der Waals surface area contributed by atoms with Crippen LogP contribution in [0.25, 0.3) is 0 Å². The van der Waals surface area contributed by atoms with E-state index in [1.54, 1.807) is 25.3 Å². The molecule has 0 aliphatic carbocycles. The molecule has 3 aromatic rings. The van der Waals surface area contributed by atoms with E-state index in [9.17, 15) is 29.1 Å². The van der Waals surface area contributed by atoms with Crippen LogP contribution in [0.1, 0.15) is 29.0 Å². The van der Waals surface area contributed by atoms with E-state index in [2.05, 4.69) is 5.32 Å². The molecule has 254 valence electrons. The molecular formula is C33H39NO12S. The van der Waals surface area contributed by atoms with Crippen LogP contribution in [0.5, 0.6) is 17.2 Å². The smallest absolute Gasteiger partial charge is 0.326 e. The zero-order valence-corrected chi connectivity index (χ0v) is 27.0. The topological polar surface area (TPSA) is 206 Å². The molecule has 0 aliphatic rings. The third kappa shape index (κ3) is 16.1. The van der Waals surface area contributed by atoms with E-state index >= 15 is 0 Å². The molecule has 0 radical (unpaired) electrons. The van der Waals surface area contributed by atoms with E-state index in [-0.39, 0.29) is 18.6 Å². The first-order valence-electron chi connectivity index (χ1n) is 14.0. The lowest BCUT2D eigenvalue weighted by Gasteiger charge is -2.13. The van der Waals surface area contributed by atoms with E-state index in [1.807, 2.05) is 54.6 Å². The number of ether oxygens (including phenoxy) is 3. The Morgan fingerprint density at radius 3 is 1.85 bits per heavy atom. The highest BCUT2D eigenvalue weighted by atomic mass is 32.2. The van der Waals surface area contributed by atoms with Crippen LogP contribution in [0.2, 0.25) is 0 Å². The number of aliphatic carboxylic acids is 4. The van der Waals surface area contributed by atoms with Crippen molar-refractivity contribution >= 4 is 42.0 Å². The Bertz CT molecular complexity index is 1400. The second kappa shape index (κ2) is 22.3. The van der Waals surface area contributed by atoms with Gasteiger partial charge in [0.15, 0.2) is 11.5 Å². The number of thioether (sulfide) groups is 1. The van der Waals surface area contributed by atoms with Gasteiger partial charge in [-0.05, 0) is 47.4 Å². The van der Waals surface area contributed by atoms with Crippen LogP contribution >= 0.6 is 11.8 Å². The summed E-state index contributed by atoms with van der Waals surface area (Å²) in [6, 6.07) is 20.9. The molecule has 0 saturated carbocycles. The first-order chi connectivity index (χ1) is 22.4. The fourth-order valence-electron chi connectivity index (χ4n) is 3.89. The summed E-state index contributed by atoms with van der Waals surface area (Å²) in [7, 11) is 4.63. The Labute approximate surface area is 276 Å². The molecule has 1 amide bonds. The third-order valence-electron chi connectivity index (χ3n) is 6.24. The summed E-state index contributed by atoms with van der Waals surface area (Å²) in [5.74, 6) is -2.01. The van der Waals surface area contributed by atoms with E-state index in [4.69, 9.17) is 29.5 Å². The normalized spacial score (nSPS) is 11.1. The number of carboxylic acids is 4. The lowest BCUT2D eigenvalue weighted by atomic mass is 9.92. The van der Waals surface area contributed by atoms with Crippen LogP contribution < -0.4 is 19.5 Å². The van der Waals surface area contributed by atoms with Crippen LogP contribution in [0, 0.1) is 0 Å². The van der Waals surface area contributed by atoms with Crippen LogP contribution in [0.3, 0.4) is 0 Å². The van der Waals surface area contributed by atoms with E-state index in [1.165, 1.54) is 14.2 Å². The SMILES string of the molecule is COc1ccc(CC(C(=O)O)c2ccccc2)cc1.COc1ccc(CC(NC=O)C(=O)O)cc1OC.O=C(O)CCSCC(=O)O. The first kappa shape index (κ1) is 39.8. The van der Waals surface area contributed by atoms with E-state index in [0.29, 0.717) is 30.1 Å². The molecule has 0 aromatic heterocycles. The average Bonchev–Trinajstić information content (AvgIpc) is 3.06. The van der Waals surface area contributed by atoms with E-state index in [0.717, 1.165) is 34.2 Å².